The summed E-state index contributed by atoms with van der Waals surface area (Å²) in [6, 6.07) is 13.3. The number of aromatic nitrogens is 1. The fraction of sp³-hybridized carbons (Fsp3) is 0.211. The molecule has 1 atom stereocenters. The molecule has 26 heavy (non-hydrogen) atoms. The van der Waals surface area contributed by atoms with Crippen molar-refractivity contribution in [1.82, 2.24) is 4.98 Å². The summed E-state index contributed by atoms with van der Waals surface area (Å²) in [7, 11) is 0. The zero-order valence-electron chi connectivity index (χ0n) is 14.0. The van der Waals surface area contributed by atoms with Crippen LogP contribution in [-0.4, -0.2) is 23.3 Å². The molecule has 0 bridgehead atoms. The SMILES string of the molecule is Cc1nc2cc(N3CC(C(=O)Nc4ccccc4Br)CC3=O)ccc2s1. The number of nitrogens with zero attached hydrogens (tertiary/aromatic N) is 2. The first-order valence-electron chi connectivity index (χ1n) is 8.24. The van der Waals surface area contributed by atoms with E-state index in [4.69, 9.17) is 0 Å². The van der Waals surface area contributed by atoms with Gasteiger partial charge in [-0.2, -0.15) is 0 Å². The van der Waals surface area contributed by atoms with Crippen LogP contribution in [0.4, 0.5) is 11.4 Å². The first kappa shape index (κ1) is 17.2. The summed E-state index contributed by atoms with van der Waals surface area (Å²) in [6.07, 6.45) is 0.213. The summed E-state index contributed by atoms with van der Waals surface area (Å²) in [6.45, 7) is 2.34. The smallest absolute Gasteiger partial charge is 0.229 e. The van der Waals surface area contributed by atoms with Crippen molar-refractivity contribution in [3.63, 3.8) is 0 Å². The molecule has 2 aromatic carbocycles. The molecule has 2 heterocycles. The van der Waals surface area contributed by atoms with E-state index in [1.54, 1.807) is 16.2 Å². The molecule has 132 valence electrons. The van der Waals surface area contributed by atoms with Crippen molar-refractivity contribution < 1.29 is 9.59 Å². The quantitative estimate of drug-likeness (QED) is 0.672. The third-order valence-corrected chi connectivity index (χ3v) is 6.06. The van der Waals surface area contributed by atoms with Gasteiger partial charge in [0.1, 0.15) is 0 Å². The molecule has 1 aromatic heterocycles. The Kier molecular flexibility index (Phi) is 4.50. The molecule has 2 amide bonds. The maximum Gasteiger partial charge on any atom is 0.229 e. The molecular formula is C19H16BrN3O2S. The Morgan fingerprint density at radius 1 is 1.31 bits per heavy atom. The lowest BCUT2D eigenvalue weighted by Gasteiger charge is -2.17. The summed E-state index contributed by atoms with van der Waals surface area (Å²) in [5.41, 5.74) is 2.39. The van der Waals surface area contributed by atoms with Gasteiger partial charge in [0.15, 0.2) is 0 Å². The van der Waals surface area contributed by atoms with Crippen molar-refractivity contribution in [3.05, 3.63) is 51.9 Å². The Balaban J connectivity index is 1.52. The average molecular weight is 430 g/mol. The molecular weight excluding hydrogens is 414 g/mol. The van der Waals surface area contributed by atoms with E-state index in [0.717, 1.165) is 25.4 Å². The fourth-order valence-electron chi connectivity index (χ4n) is 3.13. The highest BCUT2D eigenvalue weighted by Crippen LogP contribution is 2.31. The predicted octanol–water partition coefficient (Wildman–Crippen LogP) is 4.36. The number of para-hydroxylation sites is 1. The molecule has 0 spiro atoms. The number of hydrogen-bond acceptors (Lipinski definition) is 4. The molecule has 5 nitrogen and oxygen atoms in total. The molecule has 0 radical (unpaired) electrons. The highest BCUT2D eigenvalue weighted by Gasteiger charge is 2.35. The number of hydrogen-bond donors (Lipinski definition) is 1. The van der Waals surface area contributed by atoms with Gasteiger partial charge in [0.25, 0.3) is 0 Å². The molecule has 0 saturated carbocycles. The van der Waals surface area contributed by atoms with E-state index in [2.05, 4.69) is 26.2 Å². The van der Waals surface area contributed by atoms with Gasteiger partial charge in [0.2, 0.25) is 11.8 Å². The molecule has 1 aliphatic rings. The molecule has 1 aliphatic heterocycles. The van der Waals surface area contributed by atoms with Gasteiger partial charge in [-0.15, -0.1) is 11.3 Å². The maximum atomic E-state index is 12.6. The van der Waals surface area contributed by atoms with E-state index in [1.165, 1.54) is 0 Å². The van der Waals surface area contributed by atoms with Crippen molar-refractivity contribution in [2.24, 2.45) is 5.92 Å². The number of aryl methyl sites for hydroxylation is 1. The number of carbonyl (C=O) groups is 2. The largest absolute Gasteiger partial charge is 0.325 e. The summed E-state index contributed by atoms with van der Waals surface area (Å²) >= 11 is 5.05. The second-order valence-electron chi connectivity index (χ2n) is 6.26. The summed E-state index contributed by atoms with van der Waals surface area (Å²) in [5, 5.41) is 3.90. The van der Waals surface area contributed by atoms with Crippen LogP contribution < -0.4 is 10.2 Å². The van der Waals surface area contributed by atoms with Crippen LogP contribution in [0.1, 0.15) is 11.4 Å². The first-order valence-corrected chi connectivity index (χ1v) is 9.85. The van der Waals surface area contributed by atoms with Crippen LogP contribution >= 0.6 is 27.3 Å². The molecule has 3 aromatic rings. The highest BCUT2D eigenvalue weighted by atomic mass is 79.9. The van der Waals surface area contributed by atoms with E-state index in [1.807, 2.05) is 49.4 Å². The third-order valence-electron chi connectivity index (χ3n) is 4.42. The van der Waals surface area contributed by atoms with Gasteiger partial charge in [-0.05, 0) is 53.2 Å². The molecule has 7 heteroatoms. The number of amides is 2. The van der Waals surface area contributed by atoms with Crippen molar-refractivity contribution in [2.75, 3.05) is 16.8 Å². The minimum atomic E-state index is -0.373. The van der Waals surface area contributed by atoms with Crippen molar-refractivity contribution in [2.45, 2.75) is 13.3 Å². The normalized spacial score (nSPS) is 17.1. The van der Waals surface area contributed by atoms with E-state index in [9.17, 15) is 9.59 Å². The maximum absolute atomic E-state index is 12.6. The summed E-state index contributed by atoms with van der Waals surface area (Å²) < 4.78 is 1.92. The van der Waals surface area contributed by atoms with Crippen molar-refractivity contribution in [3.8, 4) is 0 Å². The fourth-order valence-corrected chi connectivity index (χ4v) is 4.32. The number of fused-ring (bicyclic) bond motifs is 1. The lowest BCUT2D eigenvalue weighted by atomic mass is 10.1. The van der Waals surface area contributed by atoms with Crippen LogP contribution in [0.2, 0.25) is 0 Å². The van der Waals surface area contributed by atoms with Gasteiger partial charge < -0.3 is 10.2 Å². The Morgan fingerprint density at radius 2 is 2.12 bits per heavy atom. The van der Waals surface area contributed by atoms with Gasteiger partial charge >= 0.3 is 0 Å². The zero-order valence-corrected chi connectivity index (χ0v) is 16.4. The molecule has 1 unspecified atom stereocenters. The predicted molar refractivity (Wildman–Crippen MR) is 108 cm³/mol. The number of rotatable bonds is 3. The first-order chi connectivity index (χ1) is 12.5. The average Bonchev–Trinajstić information content (AvgIpc) is 3.18. The second kappa shape index (κ2) is 6.81. The topological polar surface area (TPSA) is 62.3 Å². The van der Waals surface area contributed by atoms with Crippen LogP contribution in [0, 0.1) is 12.8 Å². The standard InChI is InChI=1S/C19H16BrN3O2S/c1-11-21-16-9-13(6-7-17(16)26-11)23-10-12(8-18(23)24)19(25)22-15-5-3-2-4-14(15)20/h2-7,9,12H,8,10H2,1H3,(H,22,25). The monoisotopic (exact) mass is 429 g/mol. The van der Waals surface area contributed by atoms with Crippen LogP contribution in [0.5, 0.6) is 0 Å². The van der Waals surface area contributed by atoms with E-state index in [-0.39, 0.29) is 24.2 Å². The zero-order chi connectivity index (χ0) is 18.3. The Labute approximate surface area is 163 Å². The van der Waals surface area contributed by atoms with Gasteiger partial charge in [0.05, 0.1) is 26.8 Å². The van der Waals surface area contributed by atoms with Crippen LogP contribution in [0.15, 0.2) is 46.9 Å². The molecule has 0 aliphatic carbocycles. The van der Waals surface area contributed by atoms with Gasteiger partial charge in [-0.25, -0.2) is 4.98 Å². The number of thiazole rings is 1. The summed E-state index contributed by atoms with van der Waals surface area (Å²) in [4.78, 5) is 31.2. The molecule has 1 saturated heterocycles. The van der Waals surface area contributed by atoms with Crippen molar-refractivity contribution in [1.29, 1.82) is 0 Å². The van der Waals surface area contributed by atoms with Gasteiger partial charge in [0, 0.05) is 23.1 Å². The lowest BCUT2D eigenvalue weighted by Crippen LogP contribution is -2.28. The highest BCUT2D eigenvalue weighted by molar-refractivity contribution is 9.10. The molecule has 4 rings (SSSR count). The van der Waals surface area contributed by atoms with E-state index >= 15 is 0 Å². The summed E-state index contributed by atoms with van der Waals surface area (Å²) in [5.74, 6) is -0.551. The number of benzene rings is 2. The van der Waals surface area contributed by atoms with Crippen molar-refractivity contribution >= 4 is 60.7 Å². The number of halogens is 1. The lowest BCUT2D eigenvalue weighted by molar-refractivity contribution is -0.122. The Hall–Kier alpha value is -2.25. The minimum absolute atomic E-state index is 0.0384. The molecule has 1 fully saturated rings. The van der Waals surface area contributed by atoms with Gasteiger partial charge in [-0.1, -0.05) is 12.1 Å². The van der Waals surface area contributed by atoms with E-state index < -0.39 is 0 Å². The second-order valence-corrected chi connectivity index (χ2v) is 8.35. The third kappa shape index (κ3) is 3.24. The van der Waals surface area contributed by atoms with E-state index in [0.29, 0.717) is 12.2 Å². The number of carbonyl (C=O) groups excluding carboxylic acids is 2. The van der Waals surface area contributed by atoms with Crippen LogP contribution in [0.3, 0.4) is 0 Å². The minimum Gasteiger partial charge on any atom is -0.325 e. The van der Waals surface area contributed by atoms with Gasteiger partial charge in [-0.3, -0.25) is 9.59 Å². The number of anilines is 2. The van der Waals surface area contributed by atoms with Crippen LogP contribution in [-0.2, 0) is 9.59 Å². The molecule has 1 N–H and O–H groups in total. The van der Waals surface area contributed by atoms with Crippen LogP contribution in [0.25, 0.3) is 10.2 Å². The Morgan fingerprint density at radius 3 is 2.92 bits per heavy atom. The Bertz CT molecular complexity index is 1020. The number of nitrogens with one attached hydrogen (secondary N) is 1.